The molecule has 18 aromatic rings. The van der Waals surface area contributed by atoms with Gasteiger partial charge in [0.05, 0.1) is 34.3 Å². The average Bonchev–Trinajstić information content (AvgIpc) is 1.97. The van der Waals surface area contributed by atoms with Crippen LogP contribution in [0.2, 0.25) is 0 Å². The normalized spacial score (nSPS) is 11.8. The molecule has 408 valence electrons. The summed E-state index contributed by atoms with van der Waals surface area (Å²) in [6.45, 7) is 0. The Balaban J connectivity index is 0.707. The van der Waals surface area contributed by atoms with Crippen molar-refractivity contribution in [1.82, 2.24) is 24.5 Å². The number of nitriles is 2. The van der Waals surface area contributed by atoms with Crippen LogP contribution in [-0.2, 0) is 0 Å². The molecule has 8 heteroatoms. The fourth-order valence-electron chi connectivity index (χ4n) is 13.8. The van der Waals surface area contributed by atoms with Gasteiger partial charge in [-0.1, -0.05) is 146 Å². The number of H-pyrrole nitrogens is 4. The van der Waals surface area contributed by atoms with Crippen molar-refractivity contribution in [3.8, 4) is 62.3 Å². The van der Waals surface area contributed by atoms with Crippen molar-refractivity contribution in [1.29, 1.82) is 10.5 Å². The molecule has 5 heterocycles. The quantitative estimate of drug-likeness (QED) is 0.121. The van der Waals surface area contributed by atoms with E-state index in [0.29, 0.717) is 11.1 Å². The van der Waals surface area contributed by atoms with Gasteiger partial charge >= 0.3 is 0 Å². The van der Waals surface area contributed by atoms with Crippen molar-refractivity contribution < 1.29 is 0 Å². The molecule has 0 aliphatic rings. The van der Waals surface area contributed by atoms with Gasteiger partial charge in [0.2, 0.25) is 0 Å². The summed E-state index contributed by atoms with van der Waals surface area (Å²) in [6, 6.07) is 99.9. The van der Waals surface area contributed by atoms with Crippen LogP contribution in [0.1, 0.15) is 11.1 Å². The first-order chi connectivity index (χ1) is 43.4. The summed E-state index contributed by atoms with van der Waals surface area (Å²) < 4.78 is 2.37. The lowest BCUT2D eigenvalue weighted by molar-refractivity contribution is 1.17. The molecule has 5 aromatic heterocycles. The maximum absolute atomic E-state index is 9.33. The standard InChI is InChI=1S/C80H48N8/c81-45-47-9-13-49(14-10-47)51-17-29-61-63-31-19-53(39-73(63)83-71(61)37-51)55-21-33-65-67-35-27-59(43-77(67)85-75(65)41-55)87(57-23-25-58(26-24-57)88-79-7-3-1-5-69(79)70-6-2-4-8-80(70)88)60-28-36-68-66-34-22-56(42-76(66)86-78(68)44-60)54-20-32-64-62-30-18-52(38-72(62)84-74(64)40-54)50-15-11-48(46-82)12-16-50/h1-44,83-86H. The van der Waals surface area contributed by atoms with Gasteiger partial charge in [0.15, 0.2) is 0 Å². The number of aromatic nitrogens is 5. The van der Waals surface area contributed by atoms with Crippen molar-refractivity contribution in [2.45, 2.75) is 0 Å². The van der Waals surface area contributed by atoms with E-state index in [1.165, 1.54) is 54.1 Å². The smallest absolute Gasteiger partial charge is 0.0991 e. The fourth-order valence-corrected chi connectivity index (χ4v) is 13.8. The third kappa shape index (κ3) is 7.77. The molecule has 18 rings (SSSR count). The predicted molar refractivity (Wildman–Crippen MR) is 364 cm³/mol. The first kappa shape index (κ1) is 49.1. The largest absolute Gasteiger partial charge is 0.354 e. The molecule has 0 radical (unpaired) electrons. The molecule has 13 aromatic carbocycles. The van der Waals surface area contributed by atoms with Crippen molar-refractivity contribution in [2.75, 3.05) is 4.90 Å². The molecule has 0 amide bonds. The summed E-state index contributed by atoms with van der Waals surface area (Å²) in [7, 11) is 0. The number of para-hydroxylation sites is 2. The highest BCUT2D eigenvalue weighted by Gasteiger charge is 2.20. The van der Waals surface area contributed by atoms with Crippen LogP contribution in [0.4, 0.5) is 17.1 Å². The summed E-state index contributed by atoms with van der Waals surface area (Å²) >= 11 is 0. The summed E-state index contributed by atoms with van der Waals surface area (Å²) in [5.41, 5.74) is 25.3. The third-order valence-corrected chi connectivity index (χ3v) is 18.2. The Hall–Kier alpha value is -12.4. The van der Waals surface area contributed by atoms with E-state index >= 15 is 0 Å². The lowest BCUT2D eigenvalue weighted by atomic mass is 10.0. The predicted octanol–water partition coefficient (Wildman–Crippen LogP) is 21.2. The van der Waals surface area contributed by atoms with Crippen LogP contribution in [0.25, 0.3) is 159 Å². The van der Waals surface area contributed by atoms with Gasteiger partial charge in [-0.05, 0) is 166 Å². The number of hydrogen-bond donors (Lipinski definition) is 4. The third-order valence-electron chi connectivity index (χ3n) is 18.2. The molecule has 8 nitrogen and oxygen atoms in total. The molecule has 0 saturated carbocycles. The van der Waals surface area contributed by atoms with E-state index < -0.39 is 0 Å². The number of hydrogen-bond acceptors (Lipinski definition) is 3. The van der Waals surface area contributed by atoms with E-state index in [1.54, 1.807) is 0 Å². The highest BCUT2D eigenvalue weighted by molar-refractivity contribution is 6.14. The minimum absolute atomic E-state index is 0.655. The highest BCUT2D eigenvalue weighted by Crippen LogP contribution is 2.43. The van der Waals surface area contributed by atoms with Gasteiger partial charge in [0.25, 0.3) is 0 Å². The van der Waals surface area contributed by atoms with E-state index in [1.807, 2.05) is 48.5 Å². The molecule has 0 bridgehead atoms. The van der Waals surface area contributed by atoms with Gasteiger partial charge in [-0.3, -0.25) is 0 Å². The first-order valence-corrected chi connectivity index (χ1v) is 29.6. The zero-order chi connectivity index (χ0) is 58.1. The number of rotatable bonds is 8. The summed E-state index contributed by atoms with van der Waals surface area (Å²) in [5.74, 6) is 0. The molecule has 0 spiro atoms. The van der Waals surface area contributed by atoms with Gasteiger partial charge < -0.3 is 29.4 Å². The van der Waals surface area contributed by atoms with E-state index in [4.69, 9.17) is 0 Å². The molecule has 0 atom stereocenters. The lowest BCUT2D eigenvalue weighted by Gasteiger charge is -2.26. The number of aromatic amines is 4. The SMILES string of the molecule is N#Cc1ccc(-c2ccc3c(c2)[nH]c2cc(-c4ccc5c(c4)[nH]c4cc(N(c6ccc(-n7c8ccccc8c8ccccc87)cc6)c6ccc7c(c6)[nH]c6cc(-c8ccc9c(c8)[nH]c8cc(-c%10ccc(C#N)cc%10)ccc89)ccc67)ccc45)ccc23)cc1. The molecule has 0 fully saturated rings. The number of nitrogens with one attached hydrogen (secondary N) is 4. The van der Waals surface area contributed by atoms with Crippen molar-refractivity contribution in [3.63, 3.8) is 0 Å². The minimum atomic E-state index is 0.655. The Kier molecular flexibility index (Phi) is 10.6. The van der Waals surface area contributed by atoms with E-state index in [9.17, 15) is 10.5 Å². The molecular weight excluding hydrogens is 1070 g/mol. The van der Waals surface area contributed by atoms with Crippen LogP contribution in [0.15, 0.2) is 267 Å². The summed E-state index contributed by atoms with van der Waals surface area (Å²) in [6.07, 6.45) is 0. The van der Waals surface area contributed by atoms with E-state index in [2.05, 4.69) is 260 Å². The van der Waals surface area contributed by atoms with Crippen molar-refractivity contribution in [3.05, 3.63) is 278 Å². The maximum Gasteiger partial charge on any atom is 0.0991 e. The highest BCUT2D eigenvalue weighted by atomic mass is 15.1. The van der Waals surface area contributed by atoms with Crippen molar-refractivity contribution in [2.24, 2.45) is 0 Å². The molecular formula is C80H48N8. The monoisotopic (exact) mass is 1120 g/mol. The minimum Gasteiger partial charge on any atom is -0.354 e. The second-order valence-corrected chi connectivity index (χ2v) is 23.1. The topological polar surface area (TPSA) is 119 Å². The van der Waals surface area contributed by atoms with Gasteiger partial charge in [-0.25, -0.2) is 0 Å². The van der Waals surface area contributed by atoms with Gasteiger partial charge in [0.1, 0.15) is 0 Å². The van der Waals surface area contributed by atoms with E-state index in [0.717, 1.165) is 122 Å². The van der Waals surface area contributed by atoms with E-state index in [-0.39, 0.29) is 0 Å². The zero-order valence-electron chi connectivity index (χ0n) is 47.2. The number of fused-ring (bicyclic) bond motifs is 15. The summed E-state index contributed by atoms with van der Waals surface area (Å²) in [4.78, 5) is 17.5. The number of anilines is 3. The second kappa shape index (κ2) is 19.1. The molecule has 0 unspecified atom stereocenters. The van der Waals surface area contributed by atoms with Crippen LogP contribution in [0, 0.1) is 22.7 Å². The van der Waals surface area contributed by atoms with Crippen LogP contribution < -0.4 is 4.90 Å². The Bertz CT molecular complexity index is 5670. The average molecular weight is 1120 g/mol. The summed E-state index contributed by atoms with van der Waals surface area (Å²) in [5, 5.41) is 30.5. The van der Waals surface area contributed by atoms with Crippen LogP contribution in [0.3, 0.4) is 0 Å². The molecule has 0 aliphatic carbocycles. The number of nitrogens with zero attached hydrogens (tertiary/aromatic N) is 4. The Morgan fingerprint density at radius 2 is 0.523 bits per heavy atom. The molecule has 0 aliphatic heterocycles. The van der Waals surface area contributed by atoms with Crippen molar-refractivity contribution >= 4 is 126 Å². The molecule has 0 saturated heterocycles. The Labute approximate surface area is 503 Å². The molecule has 88 heavy (non-hydrogen) atoms. The fraction of sp³-hybridized carbons (Fsp3) is 0. The van der Waals surface area contributed by atoms with Crippen LogP contribution in [0.5, 0.6) is 0 Å². The van der Waals surface area contributed by atoms with Gasteiger partial charge in [-0.2, -0.15) is 10.5 Å². The zero-order valence-corrected chi connectivity index (χ0v) is 47.2. The lowest BCUT2D eigenvalue weighted by Crippen LogP contribution is -2.10. The maximum atomic E-state index is 9.33. The second-order valence-electron chi connectivity index (χ2n) is 23.1. The Morgan fingerprint density at radius 3 is 0.852 bits per heavy atom. The van der Waals surface area contributed by atoms with Gasteiger partial charge in [0, 0.05) is 121 Å². The first-order valence-electron chi connectivity index (χ1n) is 29.6. The van der Waals surface area contributed by atoms with Crippen LogP contribution in [-0.4, -0.2) is 24.5 Å². The van der Waals surface area contributed by atoms with Crippen LogP contribution >= 0.6 is 0 Å². The molecule has 4 N–H and O–H groups in total. The Morgan fingerprint density at radius 1 is 0.250 bits per heavy atom. The van der Waals surface area contributed by atoms with Gasteiger partial charge in [-0.15, -0.1) is 0 Å². The number of benzene rings is 13.